The van der Waals surface area contributed by atoms with Crippen molar-refractivity contribution in [3.63, 3.8) is 0 Å². The fourth-order valence-corrected chi connectivity index (χ4v) is 5.33. The molecule has 5 aromatic rings. The average Bonchev–Trinajstić information content (AvgIpc) is 3.81. The van der Waals surface area contributed by atoms with Crippen LogP contribution in [0, 0.1) is 11.8 Å². The summed E-state index contributed by atoms with van der Waals surface area (Å²) in [5.74, 6) is 0.122. The lowest BCUT2D eigenvalue weighted by molar-refractivity contribution is -0.125. The summed E-state index contributed by atoms with van der Waals surface area (Å²) in [4.78, 5) is 12.7. The molecule has 12 nitrogen and oxygen atoms in total. The number of carbonyl (C=O) groups is 1. The summed E-state index contributed by atoms with van der Waals surface area (Å²) < 4.78 is 5.30. The van der Waals surface area contributed by atoms with Gasteiger partial charge in [0.25, 0.3) is 0 Å². The summed E-state index contributed by atoms with van der Waals surface area (Å²) in [7, 11) is 1.63. The second kappa shape index (κ2) is 13.7. The summed E-state index contributed by atoms with van der Waals surface area (Å²) in [6, 6.07) is 19.1. The van der Waals surface area contributed by atoms with Crippen LogP contribution in [0.2, 0.25) is 0 Å². The van der Waals surface area contributed by atoms with Gasteiger partial charge in [-0.2, -0.15) is 0 Å². The molecule has 230 valence electrons. The van der Waals surface area contributed by atoms with Crippen LogP contribution in [0.4, 0.5) is 0 Å². The van der Waals surface area contributed by atoms with E-state index in [1.54, 1.807) is 11.7 Å². The van der Waals surface area contributed by atoms with Crippen molar-refractivity contribution in [2.75, 3.05) is 7.05 Å². The van der Waals surface area contributed by atoms with E-state index in [9.17, 15) is 4.79 Å². The lowest BCUT2D eigenvalue weighted by atomic mass is 10.0. The Labute approximate surface area is 257 Å². The highest BCUT2D eigenvalue weighted by molar-refractivity contribution is 5.80. The number of benzene rings is 2. The maximum atomic E-state index is 12.7. The first-order valence-corrected chi connectivity index (χ1v) is 15.0. The molecule has 1 amide bonds. The zero-order valence-corrected chi connectivity index (χ0v) is 25.9. The fourth-order valence-electron chi connectivity index (χ4n) is 5.33. The van der Waals surface area contributed by atoms with Gasteiger partial charge >= 0.3 is 0 Å². The molecule has 0 saturated heterocycles. The Morgan fingerprint density at radius 1 is 0.682 bits per heavy atom. The molecular formula is C32H41N11O. The molecular weight excluding hydrogens is 554 g/mol. The molecule has 44 heavy (non-hydrogen) atoms. The predicted molar refractivity (Wildman–Crippen MR) is 166 cm³/mol. The maximum absolute atomic E-state index is 12.7. The van der Waals surface area contributed by atoms with E-state index in [0.29, 0.717) is 18.5 Å². The van der Waals surface area contributed by atoms with E-state index in [4.69, 9.17) is 5.73 Å². The third kappa shape index (κ3) is 6.91. The SMILES string of the molecule is CNC(=O)[C@H](C(C)C)n1cc([C@H](Cc2ccccc2)n2cc([C@H](Cc3ccccc3)n3cc([C@@H](N)C(C)C)nn3)nn2)nn1. The molecule has 0 saturated carbocycles. The average molecular weight is 596 g/mol. The van der Waals surface area contributed by atoms with E-state index in [1.165, 1.54) is 0 Å². The van der Waals surface area contributed by atoms with Crippen LogP contribution in [0.1, 0.15) is 80.1 Å². The zero-order chi connectivity index (χ0) is 31.2. The van der Waals surface area contributed by atoms with Gasteiger partial charge in [0, 0.05) is 19.9 Å². The minimum absolute atomic E-state index is 0.0187. The largest absolute Gasteiger partial charge is 0.357 e. The highest BCUT2D eigenvalue weighted by Crippen LogP contribution is 2.27. The van der Waals surface area contributed by atoms with Gasteiger partial charge in [0.05, 0.1) is 30.3 Å². The number of rotatable bonds is 13. The molecule has 4 atom stereocenters. The molecule has 0 bridgehead atoms. The van der Waals surface area contributed by atoms with Gasteiger partial charge in [-0.15, -0.1) is 15.3 Å². The molecule has 0 fully saturated rings. The van der Waals surface area contributed by atoms with Crippen molar-refractivity contribution < 1.29 is 4.79 Å². The van der Waals surface area contributed by atoms with Crippen LogP contribution in [0.15, 0.2) is 79.3 Å². The van der Waals surface area contributed by atoms with Crippen molar-refractivity contribution in [1.82, 2.24) is 50.3 Å². The summed E-state index contributed by atoms with van der Waals surface area (Å²) in [6.45, 7) is 8.11. The van der Waals surface area contributed by atoms with Crippen LogP contribution in [0.25, 0.3) is 0 Å². The van der Waals surface area contributed by atoms with Gasteiger partial charge in [-0.1, -0.05) is 104 Å². The van der Waals surface area contributed by atoms with Crippen LogP contribution in [0.5, 0.6) is 0 Å². The van der Waals surface area contributed by atoms with Gasteiger partial charge < -0.3 is 11.1 Å². The van der Waals surface area contributed by atoms with Crippen molar-refractivity contribution >= 4 is 5.91 Å². The number of likely N-dealkylation sites (N-methyl/N-ethyl adjacent to an activating group) is 1. The van der Waals surface area contributed by atoms with Gasteiger partial charge in [0.1, 0.15) is 29.5 Å². The van der Waals surface area contributed by atoms with Crippen molar-refractivity contribution in [2.45, 2.75) is 64.7 Å². The maximum Gasteiger partial charge on any atom is 0.244 e. The van der Waals surface area contributed by atoms with Gasteiger partial charge in [-0.05, 0) is 23.0 Å². The highest BCUT2D eigenvalue weighted by Gasteiger charge is 2.29. The van der Waals surface area contributed by atoms with Gasteiger partial charge in [-0.3, -0.25) is 4.79 Å². The van der Waals surface area contributed by atoms with Crippen LogP contribution >= 0.6 is 0 Å². The fraction of sp³-hybridized carbons (Fsp3) is 0.406. The molecule has 0 spiro atoms. The Hall–Kier alpha value is -4.71. The molecule has 5 rings (SSSR count). The molecule has 3 N–H and O–H groups in total. The number of hydrogen-bond donors (Lipinski definition) is 2. The first-order chi connectivity index (χ1) is 21.2. The quantitative estimate of drug-likeness (QED) is 0.209. The molecule has 0 aliphatic heterocycles. The molecule has 12 heteroatoms. The van der Waals surface area contributed by atoms with Crippen LogP contribution < -0.4 is 11.1 Å². The Balaban J connectivity index is 1.53. The predicted octanol–water partition coefficient (Wildman–Crippen LogP) is 3.72. The van der Waals surface area contributed by atoms with Crippen LogP contribution in [-0.2, 0) is 17.6 Å². The number of aromatic nitrogens is 9. The Morgan fingerprint density at radius 3 is 1.57 bits per heavy atom. The lowest BCUT2D eigenvalue weighted by Crippen LogP contribution is -2.33. The second-order valence-corrected chi connectivity index (χ2v) is 11.9. The number of hydrogen-bond acceptors (Lipinski definition) is 8. The van der Waals surface area contributed by atoms with Gasteiger partial charge in [0.15, 0.2) is 0 Å². The first-order valence-electron chi connectivity index (χ1n) is 15.0. The normalized spacial score (nSPS) is 14.5. The number of nitrogens with one attached hydrogen (secondary N) is 1. The molecule has 0 aliphatic carbocycles. The standard InChI is InChI=1S/C32H41N11O/c1-21(2)30(33)27-20-42(39-37-27)28(16-23-12-8-6-9-13-23)25-18-41(38-35-25)29(17-24-14-10-7-11-15-24)26-19-43(40-36-26)31(22(3)4)32(44)34-5/h6-15,18-22,28-31H,16-17,33H2,1-5H3,(H,34,44)/t28-,29-,30-,31-/m0/s1. The third-order valence-corrected chi connectivity index (χ3v) is 7.94. The number of nitrogens with two attached hydrogens (primary N) is 1. The lowest BCUT2D eigenvalue weighted by Gasteiger charge is -2.19. The Bertz CT molecular complexity index is 1620. The zero-order valence-electron chi connectivity index (χ0n) is 25.9. The number of nitrogens with zero attached hydrogens (tertiary/aromatic N) is 9. The Morgan fingerprint density at radius 2 is 1.11 bits per heavy atom. The molecule has 0 radical (unpaired) electrons. The molecule has 0 aliphatic rings. The highest BCUT2D eigenvalue weighted by atomic mass is 16.2. The van der Waals surface area contributed by atoms with Gasteiger partial charge in [-0.25, -0.2) is 14.0 Å². The summed E-state index contributed by atoms with van der Waals surface area (Å²) in [5, 5.41) is 29.8. The van der Waals surface area contributed by atoms with Crippen molar-refractivity contribution in [3.8, 4) is 0 Å². The second-order valence-electron chi connectivity index (χ2n) is 11.9. The number of amides is 1. The summed E-state index contributed by atoms with van der Waals surface area (Å²) >= 11 is 0. The summed E-state index contributed by atoms with van der Waals surface area (Å²) in [6.07, 6.45) is 6.95. The minimum atomic E-state index is -0.487. The van der Waals surface area contributed by atoms with E-state index >= 15 is 0 Å². The van der Waals surface area contributed by atoms with Gasteiger partial charge in [0.2, 0.25) is 5.91 Å². The first kappa shape index (κ1) is 30.7. The number of carbonyl (C=O) groups excluding carboxylic acids is 1. The van der Waals surface area contributed by atoms with E-state index < -0.39 is 6.04 Å². The van der Waals surface area contributed by atoms with Crippen molar-refractivity contribution in [3.05, 3.63) is 107 Å². The Kier molecular flexibility index (Phi) is 9.59. The van der Waals surface area contributed by atoms with E-state index in [2.05, 4.69) is 74.4 Å². The van der Waals surface area contributed by atoms with E-state index in [1.807, 2.05) is 78.2 Å². The minimum Gasteiger partial charge on any atom is -0.357 e. The van der Waals surface area contributed by atoms with Crippen molar-refractivity contribution in [2.24, 2.45) is 17.6 Å². The van der Waals surface area contributed by atoms with Crippen molar-refractivity contribution in [1.29, 1.82) is 0 Å². The molecule has 3 aromatic heterocycles. The monoisotopic (exact) mass is 595 g/mol. The van der Waals surface area contributed by atoms with E-state index in [0.717, 1.165) is 22.5 Å². The summed E-state index contributed by atoms with van der Waals surface area (Å²) in [5.41, 5.74) is 10.8. The van der Waals surface area contributed by atoms with Crippen LogP contribution in [0.3, 0.4) is 0 Å². The van der Waals surface area contributed by atoms with E-state index in [-0.39, 0.29) is 35.9 Å². The molecule has 3 heterocycles. The third-order valence-electron chi connectivity index (χ3n) is 7.94. The smallest absolute Gasteiger partial charge is 0.244 e. The van der Waals surface area contributed by atoms with Crippen LogP contribution in [-0.4, -0.2) is 57.9 Å². The molecule has 2 aromatic carbocycles. The topological polar surface area (TPSA) is 147 Å². The molecule has 0 unspecified atom stereocenters.